The lowest BCUT2D eigenvalue weighted by Crippen LogP contribution is -2.49. The highest BCUT2D eigenvalue weighted by atomic mass is 16.6. The van der Waals surface area contributed by atoms with Crippen molar-refractivity contribution in [1.82, 2.24) is 0 Å². The molecule has 4 heteroatoms. The number of hydrogen-bond acceptors (Lipinski definition) is 4. The van der Waals surface area contributed by atoms with Gasteiger partial charge in [-0.15, -0.1) is 0 Å². The van der Waals surface area contributed by atoms with Crippen LogP contribution in [0, 0.1) is 0 Å². The molecule has 4 nitrogen and oxygen atoms in total. The summed E-state index contributed by atoms with van der Waals surface area (Å²) in [4.78, 5) is 0. The van der Waals surface area contributed by atoms with Crippen molar-refractivity contribution >= 4 is 0 Å². The summed E-state index contributed by atoms with van der Waals surface area (Å²) in [5, 5.41) is 0. The molecule has 0 amide bonds. The van der Waals surface area contributed by atoms with Gasteiger partial charge in [-0.05, 0) is 58.6 Å². The molecule has 2 aliphatic rings. The standard InChI is InChI=1S/C18H27NO3/c1-4-20-14-9-8-13-15(16(14)21-5-2)22-18(10-6-7-11-18)12-17(13,3)19/h8-9H,4-7,10-12,19H2,1-3H3. The molecule has 0 bridgehead atoms. The predicted octanol–water partition coefficient (Wildman–Crippen LogP) is 3.75. The molecular formula is C18H27NO3. The minimum absolute atomic E-state index is 0.132. The summed E-state index contributed by atoms with van der Waals surface area (Å²) in [5.74, 6) is 2.25. The Kier molecular flexibility index (Phi) is 3.98. The molecule has 0 aromatic heterocycles. The molecule has 1 saturated carbocycles. The van der Waals surface area contributed by atoms with Crippen molar-refractivity contribution in [2.75, 3.05) is 13.2 Å². The normalized spacial score (nSPS) is 25.6. The number of rotatable bonds is 4. The molecule has 22 heavy (non-hydrogen) atoms. The Hall–Kier alpha value is -1.42. The van der Waals surface area contributed by atoms with Gasteiger partial charge in [-0.2, -0.15) is 0 Å². The SMILES string of the molecule is CCOc1ccc2c(c1OCC)OC1(CCCC1)CC2(C)N. The summed E-state index contributed by atoms with van der Waals surface area (Å²) in [6, 6.07) is 3.99. The van der Waals surface area contributed by atoms with E-state index in [1.165, 1.54) is 12.8 Å². The van der Waals surface area contributed by atoms with Gasteiger partial charge in [0.05, 0.1) is 13.2 Å². The molecule has 1 heterocycles. The molecule has 2 N–H and O–H groups in total. The molecule has 1 unspecified atom stereocenters. The van der Waals surface area contributed by atoms with Gasteiger partial charge in [0.25, 0.3) is 0 Å². The Balaban J connectivity index is 2.10. The van der Waals surface area contributed by atoms with E-state index in [4.69, 9.17) is 19.9 Å². The van der Waals surface area contributed by atoms with Crippen LogP contribution in [0.15, 0.2) is 12.1 Å². The third-order valence-electron chi connectivity index (χ3n) is 4.80. The van der Waals surface area contributed by atoms with Crippen LogP contribution in [0.25, 0.3) is 0 Å². The quantitative estimate of drug-likeness (QED) is 0.920. The maximum absolute atomic E-state index is 6.66. The number of hydrogen-bond donors (Lipinski definition) is 1. The van der Waals surface area contributed by atoms with E-state index in [1.807, 2.05) is 26.0 Å². The third kappa shape index (κ3) is 2.54. The summed E-state index contributed by atoms with van der Waals surface area (Å²) in [6.07, 6.45) is 5.43. The molecule has 1 aliphatic heterocycles. The fourth-order valence-corrected chi connectivity index (χ4v) is 3.96. The van der Waals surface area contributed by atoms with Gasteiger partial charge in [0, 0.05) is 17.5 Å². The average molecular weight is 305 g/mol. The Bertz CT molecular complexity index is 548. The predicted molar refractivity (Wildman–Crippen MR) is 86.8 cm³/mol. The molecule has 1 atom stereocenters. The van der Waals surface area contributed by atoms with Crippen molar-refractivity contribution in [3.63, 3.8) is 0 Å². The van der Waals surface area contributed by atoms with Gasteiger partial charge in [-0.3, -0.25) is 0 Å². The Labute approximate surface area is 132 Å². The van der Waals surface area contributed by atoms with E-state index in [2.05, 4.69) is 6.92 Å². The van der Waals surface area contributed by atoms with Crippen LogP contribution in [0.5, 0.6) is 17.2 Å². The van der Waals surface area contributed by atoms with E-state index in [-0.39, 0.29) is 5.60 Å². The largest absolute Gasteiger partial charge is 0.490 e. The first kappa shape index (κ1) is 15.5. The maximum Gasteiger partial charge on any atom is 0.203 e. The number of fused-ring (bicyclic) bond motifs is 1. The van der Waals surface area contributed by atoms with Gasteiger partial charge in [0.2, 0.25) is 5.75 Å². The first-order valence-electron chi connectivity index (χ1n) is 8.42. The molecule has 1 aromatic rings. The topological polar surface area (TPSA) is 53.7 Å². The van der Waals surface area contributed by atoms with E-state index in [0.717, 1.165) is 36.3 Å². The third-order valence-corrected chi connectivity index (χ3v) is 4.80. The van der Waals surface area contributed by atoms with Gasteiger partial charge in [-0.25, -0.2) is 0 Å². The second-order valence-electron chi connectivity index (χ2n) is 6.72. The lowest BCUT2D eigenvalue weighted by Gasteiger charge is -2.44. The Morgan fingerprint density at radius 3 is 2.45 bits per heavy atom. The zero-order chi connectivity index (χ0) is 15.8. The second kappa shape index (κ2) is 5.65. The van der Waals surface area contributed by atoms with Crippen LogP contribution in [-0.2, 0) is 5.54 Å². The first-order chi connectivity index (χ1) is 10.5. The van der Waals surface area contributed by atoms with E-state index in [0.29, 0.717) is 19.0 Å². The van der Waals surface area contributed by atoms with Crippen molar-refractivity contribution < 1.29 is 14.2 Å². The fraction of sp³-hybridized carbons (Fsp3) is 0.667. The number of benzene rings is 1. The molecule has 0 radical (unpaired) electrons. The lowest BCUT2D eigenvalue weighted by atomic mass is 9.77. The molecular weight excluding hydrogens is 278 g/mol. The maximum atomic E-state index is 6.66. The molecule has 1 aliphatic carbocycles. The minimum Gasteiger partial charge on any atom is -0.490 e. The molecule has 122 valence electrons. The van der Waals surface area contributed by atoms with E-state index < -0.39 is 5.54 Å². The number of nitrogens with two attached hydrogens (primary N) is 1. The summed E-state index contributed by atoms with van der Waals surface area (Å²) >= 11 is 0. The number of ether oxygens (including phenoxy) is 3. The highest BCUT2D eigenvalue weighted by molar-refractivity contribution is 5.59. The first-order valence-corrected chi connectivity index (χ1v) is 8.42. The van der Waals surface area contributed by atoms with Crippen molar-refractivity contribution in [1.29, 1.82) is 0 Å². The Morgan fingerprint density at radius 2 is 1.82 bits per heavy atom. The van der Waals surface area contributed by atoms with Crippen LogP contribution in [0.1, 0.15) is 58.4 Å². The monoisotopic (exact) mass is 305 g/mol. The Morgan fingerprint density at radius 1 is 1.14 bits per heavy atom. The zero-order valence-electron chi connectivity index (χ0n) is 13.9. The van der Waals surface area contributed by atoms with Gasteiger partial charge in [0.1, 0.15) is 5.60 Å². The minimum atomic E-state index is -0.394. The molecule has 1 spiro atoms. The van der Waals surface area contributed by atoms with Crippen molar-refractivity contribution in [2.24, 2.45) is 5.73 Å². The van der Waals surface area contributed by atoms with Crippen LogP contribution in [0.4, 0.5) is 0 Å². The molecule has 1 aromatic carbocycles. The van der Waals surface area contributed by atoms with Gasteiger partial charge >= 0.3 is 0 Å². The molecule has 0 saturated heterocycles. The smallest absolute Gasteiger partial charge is 0.203 e. The van der Waals surface area contributed by atoms with E-state index in [9.17, 15) is 0 Å². The van der Waals surface area contributed by atoms with Gasteiger partial charge in [-0.1, -0.05) is 0 Å². The van der Waals surface area contributed by atoms with Crippen LogP contribution in [0.2, 0.25) is 0 Å². The molecule has 3 rings (SSSR count). The lowest BCUT2D eigenvalue weighted by molar-refractivity contribution is 0.0185. The summed E-state index contributed by atoms with van der Waals surface area (Å²) in [7, 11) is 0. The fourth-order valence-electron chi connectivity index (χ4n) is 3.96. The summed E-state index contributed by atoms with van der Waals surface area (Å²) < 4.78 is 18.1. The van der Waals surface area contributed by atoms with E-state index in [1.54, 1.807) is 0 Å². The van der Waals surface area contributed by atoms with Gasteiger partial charge in [0.15, 0.2) is 11.5 Å². The van der Waals surface area contributed by atoms with Crippen LogP contribution in [-0.4, -0.2) is 18.8 Å². The molecule has 1 fully saturated rings. The van der Waals surface area contributed by atoms with Crippen molar-refractivity contribution in [3.05, 3.63) is 17.7 Å². The highest BCUT2D eigenvalue weighted by Gasteiger charge is 2.48. The van der Waals surface area contributed by atoms with E-state index >= 15 is 0 Å². The zero-order valence-corrected chi connectivity index (χ0v) is 13.9. The van der Waals surface area contributed by atoms with Crippen molar-refractivity contribution in [2.45, 2.75) is 64.0 Å². The second-order valence-corrected chi connectivity index (χ2v) is 6.72. The summed E-state index contributed by atoms with van der Waals surface area (Å²) in [6.45, 7) is 7.23. The van der Waals surface area contributed by atoms with Crippen LogP contribution >= 0.6 is 0 Å². The van der Waals surface area contributed by atoms with Gasteiger partial charge < -0.3 is 19.9 Å². The van der Waals surface area contributed by atoms with Crippen LogP contribution < -0.4 is 19.9 Å². The summed E-state index contributed by atoms with van der Waals surface area (Å²) in [5.41, 5.74) is 7.16. The highest BCUT2D eigenvalue weighted by Crippen LogP contribution is 2.54. The van der Waals surface area contributed by atoms with Crippen LogP contribution in [0.3, 0.4) is 0 Å². The van der Waals surface area contributed by atoms with Crippen molar-refractivity contribution in [3.8, 4) is 17.2 Å². The average Bonchev–Trinajstić information content (AvgIpc) is 2.88.